The second kappa shape index (κ2) is 7.17. The zero-order chi connectivity index (χ0) is 15.2. The molecule has 0 radical (unpaired) electrons. The minimum absolute atomic E-state index is 0.0278. The summed E-state index contributed by atoms with van der Waals surface area (Å²) in [5, 5.41) is 10.7. The molecule has 8 nitrogen and oxygen atoms in total. The fraction of sp³-hybridized carbons (Fsp3) is 0.455. The summed E-state index contributed by atoms with van der Waals surface area (Å²) in [5.41, 5.74) is 5.22. The highest BCUT2D eigenvalue weighted by Crippen LogP contribution is 2.23. The van der Waals surface area contributed by atoms with Crippen molar-refractivity contribution < 1.29 is 18.1 Å². The summed E-state index contributed by atoms with van der Waals surface area (Å²) in [6, 6.07) is 3.32. The van der Waals surface area contributed by atoms with E-state index in [0.29, 0.717) is 19.4 Å². The lowest BCUT2D eigenvalue weighted by Gasteiger charge is -2.08. The molecule has 0 aliphatic rings. The molecule has 0 amide bonds. The van der Waals surface area contributed by atoms with Crippen LogP contribution in [-0.2, 0) is 14.8 Å². The van der Waals surface area contributed by atoms with E-state index in [1.54, 1.807) is 7.11 Å². The number of nitrogen functional groups attached to an aromatic ring is 1. The average Bonchev–Trinajstić information content (AvgIpc) is 2.38. The van der Waals surface area contributed by atoms with Gasteiger partial charge in [-0.1, -0.05) is 0 Å². The van der Waals surface area contributed by atoms with Crippen molar-refractivity contribution in [3.05, 3.63) is 28.3 Å². The maximum Gasteiger partial charge on any atom is 0.270 e. The first kappa shape index (κ1) is 16.3. The third kappa shape index (κ3) is 4.44. The van der Waals surface area contributed by atoms with Gasteiger partial charge in [-0.05, 0) is 18.9 Å². The van der Waals surface area contributed by atoms with Crippen LogP contribution in [0.15, 0.2) is 23.1 Å². The fourth-order valence-corrected chi connectivity index (χ4v) is 2.75. The summed E-state index contributed by atoms with van der Waals surface area (Å²) < 4.78 is 31.2. The van der Waals surface area contributed by atoms with Gasteiger partial charge >= 0.3 is 0 Å². The van der Waals surface area contributed by atoms with Crippen LogP contribution in [0.3, 0.4) is 0 Å². The Morgan fingerprint density at radius 2 is 2.10 bits per heavy atom. The van der Waals surface area contributed by atoms with Gasteiger partial charge < -0.3 is 10.5 Å². The summed E-state index contributed by atoms with van der Waals surface area (Å²) in [7, 11) is -2.29. The maximum atomic E-state index is 12.0. The number of rotatable bonds is 8. The number of methoxy groups -OCH3 is 1. The van der Waals surface area contributed by atoms with Gasteiger partial charge in [0.15, 0.2) is 0 Å². The topological polar surface area (TPSA) is 125 Å². The molecular weight excluding hydrogens is 286 g/mol. The Kier molecular flexibility index (Phi) is 5.86. The average molecular weight is 303 g/mol. The predicted molar refractivity (Wildman–Crippen MR) is 73.8 cm³/mol. The van der Waals surface area contributed by atoms with E-state index in [2.05, 4.69) is 4.72 Å². The van der Waals surface area contributed by atoms with Crippen molar-refractivity contribution in [2.45, 2.75) is 17.7 Å². The largest absolute Gasteiger partial charge is 0.398 e. The van der Waals surface area contributed by atoms with Gasteiger partial charge in [0.25, 0.3) is 5.69 Å². The highest BCUT2D eigenvalue weighted by atomic mass is 32.2. The Morgan fingerprint density at radius 1 is 1.40 bits per heavy atom. The van der Waals surface area contributed by atoms with Crippen LogP contribution in [0.5, 0.6) is 0 Å². The standard InChI is InChI=1S/C11H17N3O5S/c1-19-7-3-2-6-13-20(17,18)11-8-9(14(15)16)4-5-10(11)12/h4-5,8,13H,2-3,6-7,12H2,1H3. The molecule has 112 valence electrons. The van der Waals surface area contributed by atoms with E-state index in [1.807, 2.05) is 0 Å². The molecule has 1 rings (SSSR count). The van der Waals surface area contributed by atoms with Crippen molar-refractivity contribution >= 4 is 21.4 Å². The first-order valence-electron chi connectivity index (χ1n) is 5.91. The van der Waals surface area contributed by atoms with Crippen LogP contribution in [0.2, 0.25) is 0 Å². The molecule has 0 fully saturated rings. The van der Waals surface area contributed by atoms with E-state index in [4.69, 9.17) is 10.5 Å². The number of nitrogens with zero attached hydrogens (tertiary/aromatic N) is 1. The highest BCUT2D eigenvalue weighted by Gasteiger charge is 2.20. The molecule has 0 aliphatic heterocycles. The number of anilines is 1. The Balaban J connectivity index is 2.81. The molecule has 20 heavy (non-hydrogen) atoms. The molecule has 0 saturated heterocycles. The molecule has 0 atom stereocenters. The number of nitrogens with two attached hydrogens (primary N) is 1. The molecule has 0 unspecified atom stereocenters. The number of unbranched alkanes of at least 4 members (excludes halogenated alkanes) is 1. The molecule has 0 spiro atoms. The maximum absolute atomic E-state index is 12.0. The zero-order valence-electron chi connectivity index (χ0n) is 11.0. The number of non-ortho nitro benzene ring substituents is 1. The van der Waals surface area contributed by atoms with Crippen LogP contribution >= 0.6 is 0 Å². The van der Waals surface area contributed by atoms with Gasteiger partial charge in [0.1, 0.15) is 4.90 Å². The van der Waals surface area contributed by atoms with Crippen LogP contribution in [0, 0.1) is 10.1 Å². The summed E-state index contributed by atoms with van der Waals surface area (Å²) >= 11 is 0. The molecule has 0 saturated carbocycles. The molecule has 1 aromatic rings. The van der Waals surface area contributed by atoms with Crippen LogP contribution in [-0.4, -0.2) is 33.6 Å². The number of sulfonamides is 1. The molecule has 9 heteroatoms. The molecule has 0 bridgehead atoms. The number of nitro groups is 1. The Morgan fingerprint density at radius 3 is 2.70 bits per heavy atom. The Labute approximate surface area is 117 Å². The van der Waals surface area contributed by atoms with Crippen molar-refractivity contribution in [2.24, 2.45) is 0 Å². The number of hydrogen-bond acceptors (Lipinski definition) is 6. The van der Waals surface area contributed by atoms with E-state index in [0.717, 1.165) is 12.1 Å². The monoisotopic (exact) mass is 303 g/mol. The molecule has 3 N–H and O–H groups in total. The molecule has 0 aliphatic carbocycles. The van der Waals surface area contributed by atoms with E-state index >= 15 is 0 Å². The van der Waals surface area contributed by atoms with Gasteiger partial charge in [-0.25, -0.2) is 13.1 Å². The second-order valence-corrected chi connectivity index (χ2v) is 5.81. The normalized spacial score (nSPS) is 11.4. The molecular formula is C11H17N3O5S. The quantitative estimate of drug-likeness (QED) is 0.318. The molecule has 1 aromatic carbocycles. The third-order valence-electron chi connectivity index (χ3n) is 2.56. The molecule has 0 heterocycles. The summed E-state index contributed by atoms with van der Waals surface area (Å²) in [6.07, 6.45) is 1.31. The molecule has 0 aromatic heterocycles. The van der Waals surface area contributed by atoms with Gasteiger partial charge in [-0.15, -0.1) is 0 Å². The minimum atomic E-state index is -3.85. The van der Waals surface area contributed by atoms with Gasteiger partial charge in [0.05, 0.1) is 10.6 Å². The highest BCUT2D eigenvalue weighted by molar-refractivity contribution is 7.89. The van der Waals surface area contributed by atoms with Crippen molar-refractivity contribution in [1.29, 1.82) is 0 Å². The van der Waals surface area contributed by atoms with E-state index < -0.39 is 14.9 Å². The van der Waals surface area contributed by atoms with Crippen molar-refractivity contribution in [3.63, 3.8) is 0 Å². The van der Waals surface area contributed by atoms with E-state index in [-0.39, 0.29) is 22.8 Å². The van der Waals surface area contributed by atoms with Gasteiger partial charge in [-0.2, -0.15) is 0 Å². The number of nitrogens with one attached hydrogen (secondary N) is 1. The van der Waals surface area contributed by atoms with Crippen molar-refractivity contribution in [2.75, 3.05) is 26.0 Å². The minimum Gasteiger partial charge on any atom is -0.398 e. The van der Waals surface area contributed by atoms with Crippen LogP contribution in [0.4, 0.5) is 11.4 Å². The van der Waals surface area contributed by atoms with E-state index in [1.165, 1.54) is 6.07 Å². The van der Waals surface area contributed by atoms with Crippen LogP contribution in [0.1, 0.15) is 12.8 Å². The first-order chi connectivity index (χ1) is 9.38. The lowest BCUT2D eigenvalue weighted by molar-refractivity contribution is -0.385. The smallest absolute Gasteiger partial charge is 0.270 e. The SMILES string of the molecule is COCCCCNS(=O)(=O)c1cc([N+](=O)[O-])ccc1N. The second-order valence-electron chi connectivity index (χ2n) is 4.08. The van der Waals surface area contributed by atoms with E-state index in [9.17, 15) is 18.5 Å². The Bertz CT molecular complexity index is 573. The number of hydrogen-bond donors (Lipinski definition) is 2. The summed E-state index contributed by atoms with van der Waals surface area (Å²) in [6.45, 7) is 0.758. The number of nitro benzene ring substituents is 1. The third-order valence-corrected chi connectivity index (χ3v) is 4.08. The van der Waals surface area contributed by atoms with Crippen molar-refractivity contribution in [3.8, 4) is 0 Å². The van der Waals surface area contributed by atoms with Gasteiger partial charge in [0.2, 0.25) is 10.0 Å². The zero-order valence-corrected chi connectivity index (χ0v) is 11.9. The number of benzene rings is 1. The first-order valence-corrected chi connectivity index (χ1v) is 7.39. The van der Waals surface area contributed by atoms with Gasteiger partial charge in [0, 0.05) is 32.4 Å². The number of ether oxygens (including phenoxy) is 1. The Hall–Kier alpha value is -1.71. The van der Waals surface area contributed by atoms with Gasteiger partial charge in [-0.3, -0.25) is 10.1 Å². The fourth-order valence-electron chi connectivity index (χ4n) is 1.53. The van der Waals surface area contributed by atoms with Crippen LogP contribution in [0.25, 0.3) is 0 Å². The lowest BCUT2D eigenvalue weighted by atomic mass is 10.3. The van der Waals surface area contributed by atoms with Crippen LogP contribution < -0.4 is 10.5 Å². The predicted octanol–water partition coefficient (Wildman–Crippen LogP) is 0.882. The summed E-state index contributed by atoms with van der Waals surface area (Å²) in [5.74, 6) is 0. The lowest BCUT2D eigenvalue weighted by Crippen LogP contribution is -2.26. The van der Waals surface area contributed by atoms with Crippen molar-refractivity contribution in [1.82, 2.24) is 4.72 Å². The summed E-state index contributed by atoms with van der Waals surface area (Å²) in [4.78, 5) is 9.71.